The number of aromatic nitrogens is 1. The minimum atomic E-state index is 0.598. The molecule has 1 aromatic rings. The molecule has 0 saturated carbocycles. The van der Waals surface area contributed by atoms with Crippen LogP contribution in [0.1, 0.15) is 63.1 Å². The van der Waals surface area contributed by atoms with Gasteiger partial charge in [-0.05, 0) is 43.4 Å². The third-order valence-corrected chi connectivity index (χ3v) is 3.78. The van der Waals surface area contributed by atoms with Gasteiger partial charge in [-0.25, -0.2) is 0 Å². The first-order chi connectivity index (χ1) is 8.35. The molecule has 0 saturated heterocycles. The smallest absolute Gasteiger partial charge is 0.0337 e. The number of aryl methyl sites for hydroxylation is 2. The van der Waals surface area contributed by atoms with Crippen molar-refractivity contribution in [1.29, 1.82) is 0 Å². The SMILES string of the molecule is CCCCn1cc2c(c1)C(NCC)CCCC2. The number of nitrogens with one attached hydrogen (secondary N) is 1. The number of nitrogens with zero attached hydrogens (tertiary/aromatic N) is 1. The van der Waals surface area contributed by atoms with Gasteiger partial charge < -0.3 is 9.88 Å². The van der Waals surface area contributed by atoms with Gasteiger partial charge in [0, 0.05) is 25.0 Å². The molecule has 2 nitrogen and oxygen atoms in total. The van der Waals surface area contributed by atoms with Crippen LogP contribution in [0.25, 0.3) is 0 Å². The first-order valence-electron chi connectivity index (χ1n) is 7.27. The van der Waals surface area contributed by atoms with E-state index >= 15 is 0 Å². The second-order valence-electron chi connectivity index (χ2n) is 5.19. The Hall–Kier alpha value is -0.760. The molecule has 96 valence electrons. The monoisotopic (exact) mass is 234 g/mol. The Labute approximate surface area is 105 Å². The summed E-state index contributed by atoms with van der Waals surface area (Å²) in [6, 6.07) is 0.598. The molecule has 0 amide bonds. The second-order valence-corrected chi connectivity index (χ2v) is 5.19. The number of unbranched alkanes of at least 4 members (excludes halogenated alkanes) is 1. The maximum atomic E-state index is 3.64. The van der Waals surface area contributed by atoms with Crippen LogP contribution in [0.3, 0.4) is 0 Å². The van der Waals surface area contributed by atoms with Crippen molar-refractivity contribution in [1.82, 2.24) is 9.88 Å². The van der Waals surface area contributed by atoms with Gasteiger partial charge in [-0.3, -0.25) is 0 Å². The second kappa shape index (κ2) is 6.25. The summed E-state index contributed by atoms with van der Waals surface area (Å²) in [5, 5.41) is 3.64. The summed E-state index contributed by atoms with van der Waals surface area (Å²) >= 11 is 0. The summed E-state index contributed by atoms with van der Waals surface area (Å²) in [7, 11) is 0. The summed E-state index contributed by atoms with van der Waals surface area (Å²) in [6.07, 6.45) is 12.6. The minimum absolute atomic E-state index is 0.598. The Morgan fingerprint density at radius 2 is 2.18 bits per heavy atom. The van der Waals surface area contributed by atoms with Crippen molar-refractivity contribution in [3.05, 3.63) is 23.5 Å². The molecule has 1 aromatic heterocycles. The van der Waals surface area contributed by atoms with Crippen molar-refractivity contribution in [3.63, 3.8) is 0 Å². The van der Waals surface area contributed by atoms with Crippen LogP contribution in [0.2, 0.25) is 0 Å². The van der Waals surface area contributed by atoms with Crippen molar-refractivity contribution < 1.29 is 0 Å². The Balaban J connectivity index is 2.14. The molecule has 1 N–H and O–H groups in total. The Morgan fingerprint density at radius 3 is 2.94 bits per heavy atom. The third kappa shape index (κ3) is 3.12. The van der Waals surface area contributed by atoms with Gasteiger partial charge in [-0.1, -0.05) is 26.7 Å². The molecule has 0 spiro atoms. The zero-order chi connectivity index (χ0) is 12.1. The van der Waals surface area contributed by atoms with Crippen molar-refractivity contribution >= 4 is 0 Å². The summed E-state index contributed by atoms with van der Waals surface area (Å²) in [5.41, 5.74) is 3.16. The van der Waals surface area contributed by atoms with E-state index in [9.17, 15) is 0 Å². The largest absolute Gasteiger partial charge is 0.354 e. The van der Waals surface area contributed by atoms with Crippen LogP contribution >= 0.6 is 0 Å². The van der Waals surface area contributed by atoms with Gasteiger partial charge in [-0.15, -0.1) is 0 Å². The Bertz CT molecular complexity index is 341. The van der Waals surface area contributed by atoms with Crippen LogP contribution in [0.5, 0.6) is 0 Å². The highest BCUT2D eigenvalue weighted by Gasteiger charge is 2.19. The van der Waals surface area contributed by atoms with Gasteiger partial charge >= 0.3 is 0 Å². The maximum absolute atomic E-state index is 3.64. The van der Waals surface area contributed by atoms with E-state index < -0.39 is 0 Å². The summed E-state index contributed by atoms with van der Waals surface area (Å²) in [4.78, 5) is 0. The molecule has 0 bridgehead atoms. The number of hydrogen-bond acceptors (Lipinski definition) is 1. The highest BCUT2D eigenvalue weighted by molar-refractivity contribution is 5.29. The molecular weight excluding hydrogens is 208 g/mol. The van der Waals surface area contributed by atoms with Gasteiger partial charge in [0.1, 0.15) is 0 Å². The molecule has 1 atom stereocenters. The zero-order valence-electron chi connectivity index (χ0n) is 11.3. The van der Waals surface area contributed by atoms with Crippen LogP contribution < -0.4 is 5.32 Å². The van der Waals surface area contributed by atoms with Crippen molar-refractivity contribution in [2.24, 2.45) is 0 Å². The van der Waals surface area contributed by atoms with E-state index in [0.717, 1.165) is 6.54 Å². The molecule has 1 unspecified atom stereocenters. The van der Waals surface area contributed by atoms with Crippen LogP contribution in [0, 0.1) is 0 Å². The summed E-state index contributed by atoms with van der Waals surface area (Å²) in [6.45, 7) is 6.72. The predicted molar refractivity (Wildman–Crippen MR) is 73.3 cm³/mol. The number of fused-ring (bicyclic) bond motifs is 1. The van der Waals surface area contributed by atoms with Crippen LogP contribution in [-0.2, 0) is 13.0 Å². The fraction of sp³-hybridized carbons (Fsp3) is 0.733. The number of rotatable bonds is 5. The molecule has 0 fully saturated rings. The highest BCUT2D eigenvalue weighted by atomic mass is 15.0. The lowest BCUT2D eigenvalue weighted by Gasteiger charge is -2.15. The molecule has 1 heterocycles. The van der Waals surface area contributed by atoms with E-state index in [-0.39, 0.29) is 0 Å². The molecule has 0 aliphatic heterocycles. The topological polar surface area (TPSA) is 17.0 Å². The molecule has 0 radical (unpaired) electrons. The van der Waals surface area contributed by atoms with Crippen molar-refractivity contribution in [2.75, 3.05) is 6.54 Å². The lowest BCUT2D eigenvalue weighted by Crippen LogP contribution is -2.20. The summed E-state index contributed by atoms with van der Waals surface area (Å²) in [5.74, 6) is 0. The molecule has 2 heteroatoms. The van der Waals surface area contributed by atoms with Crippen LogP contribution in [0.4, 0.5) is 0 Å². The molecule has 17 heavy (non-hydrogen) atoms. The lowest BCUT2D eigenvalue weighted by atomic mass is 10.0. The first-order valence-corrected chi connectivity index (χ1v) is 7.27. The Morgan fingerprint density at radius 1 is 1.29 bits per heavy atom. The fourth-order valence-electron chi connectivity index (χ4n) is 2.84. The summed E-state index contributed by atoms with van der Waals surface area (Å²) < 4.78 is 2.41. The van der Waals surface area contributed by atoms with Crippen LogP contribution in [0.15, 0.2) is 12.4 Å². The molecule has 1 aliphatic carbocycles. The average Bonchev–Trinajstić information content (AvgIpc) is 2.65. The molecular formula is C15H26N2. The fourth-order valence-corrected chi connectivity index (χ4v) is 2.84. The quantitative estimate of drug-likeness (QED) is 0.769. The first kappa shape index (κ1) is 12.7. The predicted octanol–water partition coefficient (Wildman–Crippen LogP) is 3.67. The third-order valence-electron chi connectivity index (χ3n) is 3.78. The molecule has 0 aromatic carbocycles. The van der Waals surface area contributed by atoms with E-state index in [0.29, 0.717) is 6.04 Å². The molecule has 2 rings (SSSR count). The average molecular weight is 234 g/mol. The van der Waals surface area contributed by atoms with Gasteiger partial charge in [0.05, 0.1) is 0 Å². The van der Waals surface area contributed by atoms with Gasteiger partial charge in [0.15, 0.2) is 0 Å². The van der Waals surface area contributed by atoms with E-state index in [1.807, 2.05) is 0 Å². The standard InChI is InChI=1S/C15H26N2/c1-3-5-10-17-11-13-8-6-7-9-15(16-4-2)14(13)12-17/h11-12,15-16H,3-10H2,1-2H3. The zero-order valence-corrected chi connectivity index (χ0v) is 11.3. The highest BCUT2D eigenvalue weighted by Crippen LogP contribution is 2.29. The van der Waals surface area contributed by atoms with E-state index in [1.165, 1.54) is 45.1 Å². The lowest BCUT2D eigenvalue weighted by molar-refractivity contribution is 0.501. The minimum Gasteiger partial charge on any atom is -0.354 e. The van der Waals surface area contributed by atoms with Crippen molar-refractivity contribution in [2.45, 2.75) is 65.0 Å². The van der Waals surface area contributed by atoms with Gasteiger partial charge in [0.25, 0.3) is 0 Å². The van der Waals surface area contributed by atoms with Gasteiger partial charge in [-0.2, -0.15) is 0 Å². The van der Waals surface area contributed by atoms with E-state index in [1.54, 1.807) is 11.1 Å². The normalized spacial score (nSPS) is 20.0. The molecule has 1 aliphatic rings. The Kier molecular flexibility index (Phi) is 4.66. The van der Waals surface area contributed by atoms with Gasteiger partial charge in [0.2, 0.25) is 0 Å². The maximum Gasteiger partial charge on any atom is 0.0337 e. The van der Waals surface area contributed by atoms with Crippen LogP contribution in [-0.4, -0.2) is 11.1 Å². The van der Waals surface area contributed by atoms with Crippen molar-refractivity contribution in [3.8, 4) is 0 Å². The van der Waals surface area contributed by atoms with E-state index in [4.69, 9.17) is 0 Å². The van der Waals surface area contributed by atoms with E-state index in [2.05, 4.69) is 36.1 Å². The number of hydrogen-bond donors (Lipinski definition) is 1.